The van der Waals surface area contributed by atoms with Crippen LogP contribution < -0.4 is 5.73 Å². The Morgan fingerprint density at radius 2 is 1.65 bits per heavy atom. The van der Waals surface area contributed by atoms with Crippen molar-refractivity contribution in [1.29, 1.82) is 0 Å². The molecule has 1 aromatic rings. The lowest BCUT2D eigenvalue weighted by Gasteiger charge is -2.20. The first-order chi connectivity index (χ1) is 9.48. The third-order valence-electron chi connectivity index (χ3n) is 5.83. The Hall–Kier alpha value is -1.03. The number of benzene rings is 1. The molecule has 3 aliphatic carbocycles. The Labute approximate surface area is 116 Å². The van der Waals surface area contributed by atoms with E-state index in [2.05, 4.69) is 0 Å². The molecule has 5 atom stereocenters. The lowest BCUT2D eigenvalue weighted by Crippen LogP contribution is -2.21. The third kappa shape index (κ3) is 1.67. The Kier molecular flexibility index (Phi) is 2.54. The summed E-state index contributed by atoms with van der Waals surface area (Å²) in [5.74, 6) is 2.96. The SMILES string of the molecule is NC(c1ccccc1C(F)(F)F)C1C2C3CCC(C3)C21. The van der Waals surface area contributed by atoms with E-state index in [0.29, 0.717) is 17.4 Å². The predicted molar refractivity (Wildman–Crippen MR) is 69.7 cm³/mol. The highest BCUT2D eigenvalue weighted by Crippen LogP contribution is 2.72. The topological polar surface area (TPSA) is 26.0 Å². The molecule has 2 bridgehead atoms. The molecule has 0 aliphatic heterocycles. The molecule has 20 heavy (non-hydrogen) atoms. The number of rotatable bonds is 2. The first kappa shape index (κ1) is 12.7. The van der Waals surface area contributed by atoms with Crippen molar-refractivity contribution in [3.05, 3.63) is 35.4 Å². The molecule has 0 amide bonds. The first-order valence-electron chi connectivity index (χ1n) is 7.40. The van der Waals surface area contributed by atoms with Crippen molar-refractivity contribution < 1.29 is 13.2 Å². The summed E-state index contributed by atoms with van der Waals surface area (Å²) in [6.07, 6.45) is -0.497. The molecule has 1 nitrogen and oxygen atoms in total. The van der Waals surface area contributed by atoms with Gasteiger partial charge in [-0.25, -0.2) is 0 Å². The third-order valence-corrected chi connectivity index (χ3v) is 5.83. The Morgan fingerprint density at radius 3 is 2.25 bits per heavy atom. The molecule has 4 rings (SSSR count). The van der Waals surface area contributed by atoms with Gasteiger partial charge in [0.15, 0.2) is 0 Å². The van der Waals surface area contributed by atoms with Gasteiger partial charge < -0.3 is 5.73 Å². The second-order valence-corrected chi connectivity index (χ2v) is 6.68. The van der Waals surface area contributed by atoms with Crippen LogP contribution in [0.5, 0.6) is 0 Å². The van der Waals surface area contributed by atoms with Gasteiger partial charge in [-0.05, 0) is 60.5 Å². The van der Waals surface area contributed by atoms with Crippen LogP contribution in [0.3, 0.4) is 0 Å². The van der Waals surface area contributed by atoms with Crippen LogP contribution in [0.15, 0.2) is 24.3 Å². The largest absolute Gasteiger partial charge is 0.416 e. The first-order valence-corrected chi connectivity index (χ1v) is 7.40. The Bertz CT molecular complexity index is 523. The molecule has 0 spiro atoms. The number of alkyl halides is 3. The van der Waals surface area contributed by atoms with Crippen molar-refractivity contribution in [2.45, 2.75) is 31.5 Å². The second-order valence-electron chi connectivity index (χ2n) is 6.68. The van der Waals surface area contributed by atoms with Crippen LogP contribution in [0.4, 0.5) is 13.2 Å². The van der Waals surface area contributed by atoms with Crippen LogP contribution in [0, 0.1) is 29.6 Å². The quantitative estimate of drug-likeness (QED) is 0.871. The summed E-state index contributed by atoms with van der Waals surface area (Å²) >= 11 is 0. The molecule has 3 aliphatic rings. The molecule has 0 aromatic heterocycles. The van der Waals surface area contributed by atoms with E-state index >= 15 is 0 Å². The summed E-state index contributed by atoms with van der Waals surface area (Å²) in [4.78, 5) is 0. The van der Waals surface area contributed by atoms with Gasteiger partial charge in [-0.2, -0.15) is 13.2 Å². The van der Waals surface area contributed by atoms with Crippen LogP contribution in [0.25, 0.3) is 0 Å². The lowest BCUT2D eigenvalue weighted by atomic mass is 9.91. The highest BCUT2D eigenvalue weighted by atomic mass is 19.4. The van der Waals surface area contributed by atoms with E-state index in [1.807, 2.05) is 0 Å². The molecule has 2 N–H and O–H groups in total. The summed E-state index contributed by atoms with van der Waals surface area (Å²) < 4.78 is 39.3. The van der Waals surface area contributed by atoms with E-state index < -0.39 is 17.8 Å². The number of nitrogens with two attached hydrogens (primary N) is 1. The molecule has 3 fully saturated rings. The van der Waals surface area contributed by atoms with Crippen LogP contribution in [-0.4, -0.2) is 0 Å². The standard InChI is InChI=1S/C16H18F3N/c17-16(18,19)11-4-2-1-3-10(11)15(20)14-12-8-5-6-9(7-8)13(12)14/h1-4,8-9,12-15H,5-7,20H2. The van der Waals surface area contributed by atoms with Crippen LogP contribution >= 0.6 is 0 Å². The van der Waals surface area contributed by atoms with E-state index in [-0.39, 0.29) is 5.92 Å². The smallest absolute Gasteiger partial charge is 0.324 e. The van der Waals surface area contributed by atoms with Gasteiger partial charge in [-0.15, -0.1) is 0 Å². The van der Waals surface area contributed by atoms with Crippen molar-refractivity contribution >= 4 is 0 Å². The average Bonchev–Trinajstić information content (AvgIpc) is 2.84. The summed E-state index contributed by atoms with van der Waals surface area (Å²) in [5, 5.41) is 0. The lowest BCUT2D eigenvalue weighted by molar-refractivity contribution is -0.138. The molecule has 4 heteroatoms. The molecule has 0 radical (unpaired) electrons. The van der Waals surface area contributed by atoms with Crippen molar-refractivity contribution in [3.63, 3.8) is 0 Å². The molecule has 0 saturated heterocycles. The predicted octanol–water partition coefficient (Wildman–Crippen LogP) is 4.00. The van der Waals surface area contributed by atoms with Crippen LogP contribution in [0.2, 0.25) is 0 Å². The van der Waals surface area contributed by atoms with Gasteiger partial charge in [-0.1, -0.05) is 18.2 Å². The fourth-order valence-corrected chi connectivity index (χ4v) is 5.13. The maximum absolute atomic E-state index is 13.1. The Balaban J connectivity index is 1.63. The molecular weight excluding hydrogens is 263 g/mol. The minimum absolute atomic E-state index is 0.282. The van der Waals surface area contributed by atoms with Gasteiger partial charge in [-0.3, -0.25) is 0 Å². The van der Waals surface area contributed by atoms with Gasteiger partial charge in [0.25, 0.3) is 0 Å². The minimum atomic E-state index is -4.31. The Morgan fingerprint density at radius 1 is 1.05 bits per heavy atom. The van der Waals surface area contributed by atoms with E-state index in [0.717, 1.165) is 17.9 Å². The maximum atomic E-state index is 13.1. The monoisotopic (exact) mass is 281 g/mol. The number of hydrogen-bond acceptors (Lipinski definition) is 1. The second kappa shape index (κ2) is 4.00. The van der Waals surface area contributed by atoms with E-state index in [4.69, 9.17) is 5.73 Å². The fraction of sp³-hybridized carbons (Fsp3) is 0.625. The molecule has 108 valence electrons. The summed E-state index contributed by atoms with van der Waals surface area (Å²) in [6.45, 7) is 0. The number of hydrogen-bond donors (Lipinski definition) is 1. The van der Waals surface area contributed by atoms with Gasteiger partial charge in [0.1, 0.15) is 0 Å². The van der Waals surface area contributed by atoms with Crippen molar-refractivity contribution in [3.8, 4) is 0 Å². The van der Waals surface area contributed by atoms with Gasteiger partial charge in [0.05, 0.1) is 5.56 Å². The van der Waals surface area contributed by atoms with E-state index in [1.54, 1.807) is 12.1 Å². The maximum Gasteiger partial charge on any atom is 0.416 e. The zero-order chi connectivity index (χ0) is 14.1. The normalized spacial score (nSPS) is 39.7. The van der Waals surface area contributed by atoms with E-state index in [9.17, 15) is 13.2 Å². The summed E-state index contributed by atoms with van der Waals surface area (Å²) in [6, 6.07) is 5.37. The van der Waals surface area contributed by atoms with Crippen molar-refractivity contribution in [2.75, 3.05) is 0 Å². The zero-order valence-electron chi connectivity index (χ0n) is 11.1. The van der Waals surface area contributed by atoms with Crippen LogP contribution in [-0.2, 0) is 6.18 Å². The zero-order valence-corrected chi connectivity index (χ0v) is 11.1. The molecule has 1 aromatic carbocycles. The highest BCUT2D eigenvalue weighted by molar-refractivity contribution is 5.35. The average molecular weight is 281 g/mol. The molecular formula is C16H18F3N. The fourth-order valence-electron chi connectivity index (χ4n) is 5.13. The van der Waals surface area contributed by atoms with E-state index in [1.165, 1.54) is 25.3 Å². The molecule has 5 unspecified atom stereocenters. The van der Waals surface area contributed by atoms with Crippen LogP contribution in [0.1, 0.15) is 36.4 Å². The van der Waals surface area contributed by atoms with Gasteiger partial charge in [0, 0.05) is 6.04 Å². The molecule has 0 heterocycles. The van der Waals surface area contributed by atoms with Gasteiger partial charge >= 0.3 is 6.18 Å². The number of halogens is 3. The minimum Gasteiger partial charge on any atom is -0.324 e. The van der Waals surface area contributed by atoms with Gasteiger partial charge in [0.2, 0.25) is 0 Å². The summed E-state index contributed by atoms with van der Waals surface area (Å²) in [7, 11) is 0. The van der Waals surface area contributed by atoms with Crippen molar-refractivity contribution in [2.24, 2.45) is 35.3 Å². The number of fused-ring (bicyclic) bond motifs is 5. The molecule has 3 saturated carbocycles. The van der Waals surface area contributed by atoms with Crippen molar-refractivity contribution in [1.82, 2.24) is 0 Å². The summed E-state index contributed by atoms with van der Waals surface area (Å²) in [5.41, 5.74) is 5.98. The highest BCUT2D eigenvalue weighted by Gasteiger charge is 2.66.